The first-order chi connectivity index (χ1) is 15.9. The third kappa shape index (κ3) is 4.59. The first-order valence-electron chi connectivity index (χ1n) is 10.5. The third-order valence-corrected chi connectivity index (χ3v) is 5.27. The molecule has 8 nitrogen and oxygen atoms in total. The molecule has 0 aliphatic carbocycles. The lowest BCUT2D eigenvalue weighted by atomic mass is 10.1. The van der Waals surface area contributed by atoms with E-state index < -0.39 is 6.10 Å². The Morgan fingerprint density at radius 2 is 1.67 bits per heavy atom. The zero-order valence-electron chi connectivity index (χ0n) is 19.2. The molecule has 4 rings (SSSR count). The molecule has 1 unspecified atom stereocenters. The van der Waals surface area contributed by atoms with Gasteiger partial charge in [0.2, 0.25) is 5.88 Å². The number of aromatic nitrogens is 3. The van der Waals surface area contributed by atoms with Crippen LogP contribution in [0.25, 0.3) is 16.7 Å². The number of nitrogens with one attached hydrogen (secondary N) is 1. The van der Waals surface area contributed by atoms with E-state index in [0.717, 1.165) is 22.3 Å². The second-order valence-electron chi connectivity index (χ2n) is 7.66. The molecule has 0 aliphatic heterocycles. The van der Waals surface area contributed by atoms with Crippen molar-refractivity contribution in [3.05, 3.63) is 65.9 Å². The molecule has 0 bridgehead atoms. The van der Waals surface area contributed by atoms with Gasteiger partial charge >= 0.3 is 0 Å². The van der Waals surface area contributed by atoms with E-state index >= 15 is 0 Å². The summed E-state index contributed by atoms with van der Waals surface area (Å²) in [5.41, 5.74) is 3.98. The van der Waals surface area contributed by atoms with Crippen LogP contribution >= 0.6 is 0 Å². The fourth-order valence-corrected chi connectivity index (χ4v) is 3.64. The molecular formula is C25H26N4O4. The maximum absolute atomic E-state index is 12.8. The number of benzene rings is 2. The Kier molecular flexibility index (Phi) is 6.17. The predicted octanol–water partition coefficient (Wildman–Crippen LogP) is 4.46. The number of hydrogen-bond acceptors (Lipinski definition) is 6. The third-order valence-electron chi connectivity index (χ3n) is 5.27. The number of anilines is 1. The maximum atomic E-state index is 12.8. The number of methoxy groups -OCH3 is 2. The van der Waals surface area contributed by atoms with Crippen LogP contribution in [0, 0.1) is 13.8 Å². The van der Waals surface area contributed by atoms with Crippen molar-refractivity contribution in [2.24, 2.45) is 0 Å². The average Bonchev–Trinajstić information content (AvgIpc) is 3.15. The Morgan fingerprint density at radius 3 is 2.30 bits per heavy atom. The van der Waals surface area contributed by atoms with Crippen LogP contribution in [0.3, 0.4) is 0 Å². The topological polar surface area (TPSA) is 87.5 Å². The Morgan fingerprint density at radius 1 is 1.00 bits per heavy atom. The minimum Gasteiger partial charge on any atom is -0.497 e. The number of hydrogen-bond donors (Lipinski definition) is 1. The lowest BCUT2D eigenvalue weighted by Gasteiger charge is -2.16. The van der Waals surface area contributed by atoms with Gasteiger partial charge in [-0.2, -0.15) is 10.1 Å². The first-order valence-corrected chi connectivity index (χ1v) is 10.5. The van der Waals surface area contributed by atoms with Crippen molar-refractivity contribution in [1.29, 1.82) is 0 Å². The van der Waals surface area contributed by atoms with E-state index in [1.807, 2.05) is 50.2 Å². The summed E-state index contributed by atoms with van der Waals surface area (Å²) < 4.78 is 18.2. The summed E-state index contributed by atoms with van der Waals surface area (Å²) in [6.45, 7) is 5.61. The summed E-state index contributed by atoms with van der Waals surface area (Å²) in [4.78, 5) is 17.5. The van der Waals surface area contributed by atoms with Crippen molar-refractivity contribution in [1.82, 2.24) is 14.8 Å². The largest absolute Gasteiger partial charge is 0.497 e. The summed E-state index contributed by atoms with van der Waals surface area (Å²) in [6, 6.07) is 16.8. The number of nitrogens with zero attached hydrogens (tertiary/aromatic N) is 3. The molecule has 1 atom stereocenters. The summed E-state index contributed by atoms with van der Waals surface area (Å²) >= 11 is 0. The Hall–Kier alpha value is -4.07. The van der Waals surface area contributed by atoms with Crippen molar-refractivity contribution >= 4 is 22.6 Å². The molecule has 0 saturated heterocycles. The summed E-state index contributed by atoms with van der Waals surface area (Å²) in [5, 5.41) is 8.46. The minimum atomic E-state index is -0.791. The van der Waals surface area contributed by atoms with Crippen LogP contribution < -0.4 is 19.5 Å². The molecule has 2 aromatic heterocycles. The average molecular weight is 447 g/mol. The van der Waals surface area contributed by atoms with E-state index in [9.17, 15) is 4.79 Å². The summed E-state index contributed by atoms with van der Waals surface area (Å²) in [5.74, 6) is 1.18. The highest BCUT2D eigenvalue weighted by Gasteiger charge is 2.19. The molecule has 0 saturated carbocycles. The summed E-state index contributed by atoms with van der Waals surface area (Å²) in [6.07, 6.45) is -0.791. The lowest BCUT2D eigenvalue weighted by Crippen LogP contribution is -2.30. The minimum absolute atomic E-state index is 0.322. The van der Waals surface area contributed by atoms with E-state index in [0.29, 0.717) is 28.7 Å². The highest BCUT2D eigenvalue weighted by Crippen LogP contribution is 2.28. The molecule has 0 spiro atoms. The van der Waals surface area contributed by atoms with E-state index in [1.54, 1.807) is 44.0 Å². The van der Waals surface area contributed by atoms with Crippen LogP contribution in [0.2, 0.25) is 0 Å². The zero-order chi connectivity index (χ0) is 23.5. The predicted molar refractivity (Wildman–Crippen MR) is 127 cm³/mol. The van der Waals surface area contributed by atoms with Gasteiger partial charge in [-0.15, -0.1) is 0 Å². The van der Waals surface area contributed by atoms with Gasteiger partial charge in [0.15, 0.2) is 11.8 Å². The molecule has 0 radical (unpaired) electrons. The number of carbonyl (C=O) groups excluding carboxylic acids is 1. The van der Waals surface area contributed by atoms with E-state index in [2.05, 4.69) is 15.4 Å². The number of rotatable bonds is 7. The number of para-hydroxylation sites is 1. The van der Waals surface area contributed by atoms with Gasteiger partial charge in [-0.1, -0.05) is 18.2 Å². The molecule has 2 heterocycles. The second kappa shape index (κ2) is 9.20. The van der Waals surface area contributed by atoms with Crippen molar-refractivity contribution in [3.8, 4) is 23.1 Å². The van der Waals surface area contributed by atoms with Crippen LogP contribution in [-0.2, 0) is 4.79 Å². The zero-order valence-corrected chi connectivity index (χ0v) is 19.2. The molecule has 0 aliphatic rings. The van der Waals surface area contributed by atoms with Crippen molar-refractivity contribution < 1.29 is 19.0 Å². The van der Waals surface area contributed by atoms with Crippen LogP contribution in [0.1, 0.15) is 18.2 Å². The monoisotopic (exact) mass is 446 g/mol. The Labute approximate surface area is 192 Å². The van der Waals surface area contributed by atoms with Crippen LogP contribution in [0.4, 0.5) is 5.69 Å². The van der Waals surface area contributed by atoms with Gasteiger partial charge in [0.1, 0.15) is 11.5 Å². The number of aryl methyl sites for hydroxylation is 2. The highest BCUT2D eigenvalue weighted by molar-refractivity contribution is 5.94. The molecule has 8 heteroatoms. The Balaban J connectivity index is 1.59. The summed E-state index contributed by atoms with van der Waals surface area (Å²) in [7, 11) is 3.11. The van der Waals surface area contributed by atoms with Gasteiger partial charge in [-0.25, -0.2) is 4.68 Å². The second-order valence-corrected chi connectivity index (χ2v) is 7.66. The first kappa shape index (κ1) is 22.1. The quantitative estimate of drug-likeness (QED) is 0.451. The standard InChI is InChI=1S/C25H26N4O4/c1-15-11-22(27-24-23(15)16(2)28-29(24)19-9-7-6-8-10-19)33-17(3)25(30)26-18-12-20(31-4)14-21(13-18)32-5/h6-14,17H,1-5H3,(H,26,30). The number of fused-ring (bicyclic) bond motifs is 1. The number of carbonyl (C=O) groups is 1. The number of amides is 1. The van der Waals surface area contributed by atoms with E-state index in [1.165, 1.54) is 0 Å². The molecule has 170 valence electrons. The van der Waals surface area contributed by atoms with Crippen molar-refractivity contribution in [2.45, 2.75) is 26.9 Å². The fourth-order valence-electron chi connectivity index (χ4n) is 3.64. The van der Waals surface area contributed by atoms with Gasteiger partial charge in [0.25, 0.3) is 5.91 Å². The number of pyridine rings is 1. The molecule has 33 heavy (non-hydrogen) atoms. The molecule has 2 aromatic carbocycles. The lowest BCUT2D eigenvalue weighted by molar-refractivity contribution is -0.122. The maximum Gasteiger partial charge on any atom is 0.265 e. The van der Waals surface area contributed by atoms with Crippen molar-refractivity contribution in [3.63, 3.8) is 0 Å². The van der Waals surface area contributed by atoms with E-state index in [4.69, 9.17) is 14.2 Å². The molecule has 1 N–H and O–H groups in total. The molecule has 0 fully saturated rings. The van der Waals surface area contributed by atoms with Gasteiger partial charge in [0, 0.05) is 35.3 Å². The van der Waals surface area contributed by atoms with Gasteiger partial charge < -0.3 is 19.5 Å². The molecule has 1 amide bonds. The highest BCUT2D eigenvalue weighted by atomic mass is 16.5. The van der Waals surface area contributed by atoms with Crippen LogP contribution in [-0.4, -0.2) is 41.0 Å². The number of ether oxygens (including phenoxy) is 3. The van der Waals surface area contributed by atoms with Gasteiger partial charge in [0.05, 0.1) is 25.6 Å². The van der Waals surface area contributed by atoms with Gasteiger partial charge in [-0.05, 0) is 38.5 Å². The fraction of sp³-hybridized carbons (Fsp3) is 0.240. The molecular weight excluding hydrogens is 420 g/mol. The van der Waals surface area contributed by atoms with Crippen LogP contribution in [0.15, 0.2) is 54.6 Å². The normalized spacial score (nSPS) is 11.8. The Bertz CT molecular complexity index is 1280. The van der Waals surface area contributed by atoms with Crippen LogP contribution in [0.5, 0.6) is 17.4 Å². The molecule has 4 aromatic rings. The smallest absolute Gasteiger partial charge is 0.265 e. The SMILES string of the molecule is COc1cc(NC(=O)C(C)Oc2cc(C)c3c(C)nn(-c4ccccc4)c3n2)cc(OC)c1. The van der Waals surface area contributed by atoms with Crippen molar-refractivity contribution in [2.75, 3.05) is 19.5 Å². The van der Waals surface area contributed by atoms with Gasteiger partial charge in [-0.3, -0.25) is 4.79 Å². The van der Waals surface area contributed by atoms with E-state index in [-0.39, 0.29) is 5.91 Å².